The molecular weight excluding hydrogens is 467 g/mol. The molecule has 3 heterocycles. The maximum absolute atomic E-state index is 14.1. The van der Waals surface area contributed by atoms with Gasteiger partial charge in [0.25, 0.3) is 16.7 Å². The van der Waals surface area contributed by atoms with Crippen molar-refractivity contribution in [2.75, 3.05) is 0 Å². The highest BCUT2D eigenvalue weighted by Crippen LogP contribution is 2.34. The Kier molecular flexibility index (Phi) is 5.64. The van der Waals surface area contributed by atoms with Crippen LogP contribution in [0, 0.1) is 26.6 Å². The molecule has 0 spiro atoms. The zero-order chi connectivity index (χ0) is 24.9. The van der Waals surface area contributed by atoms with E-state index in [1.165, 1.54) is 10.7 Å². The van der Waals surface area contributed by atoms with E-state index >= 15 is 0 Å². The topological polar surface area (TPSA) is 77.2 Å². The van der Waals surface area contributed by atoms with Crippen LogP contribution < -0.4 is 5.56 Å². The van der Waals surface area contributed by atoms with E-state index in [1.807, 2.05) is 26.0 Å². The predicted octanol–water partition coefficient (Wildman–Crippen LogP) is 4.81. The lowest BCUT2D eigenvalue weighted by Crippen LogP contribution is -2.30. The summed E-state index contributed by atoms with van der Waals surface area (Å²) in [6.07, 6.45) is 1.64. The van der Waals surface area contributed by atoms with Crippen molar-refractivity contribution in [3.63, 3.8) is 0 Å². The van der Waals surface area contributed by atoms with Crippen molar-refractivity contribution in [3.05, 3.63) is 104 Å². The number of carbonyl (C=O) groups excluding carboxylic acids is 2. The number of carbonyl (C=O) groups is 2. The van der Waals surface area contributed by atoms with Crippen LogP contribution in [0.15, 0.2) is 64.3 Å². The monoisotopic (exact) mass is 488 g/mol. The zero-order valence-electron chi connectivity index (χ0n) is 19.3. The number of halogens is 1. The van der Waals surface area contributed by atoms with Crippen molar-refractivity contribution < 1.29 is 14.0 Å². The molecule has 0 aliphatic carbocycles. The van der Waals surface area contributed by atoms with Crippen LogP contribution in [0.2, 0.25) is 0 Å². The van der Waals surface area contributed by atoms with E-state index in [0.29, 0.717) is 28.0 Å². The Morgan fingerprint density at radius 2 is 1.69 bits per heavy atom. The number of imide groups is 1. The first-order valence-electron chi connectivity index (χ1n) is 10.9. The highest BCUT2D eigenvalue weighted by molar-refractivity contribution is 8.18. The summed E-state index contributed by atoms with van der Waals surface area (Å²) >= 11 is 0.815. The number of amides is 2. The van der Waals surface area contributed by atoms with Gasteiger partial charge >= 0.3 is 0 Å². The third-order valence-electron chi connectivity index (χ3n) is 6.00. The quantitative estimate of drug-likeness (QED) is 0.385. The van der Waals surface area contributed by atoms with Crippen LogP contribution in [-0.2, 0) is 11.3 Å². The van der Waals surface area contributed by atoms with Crippen molar-refractivity contribution in [3.8, 4) is 0 Å². The molecule has 0 unspecified atom stereocenters. The normalized spacial score (nSPS) is 15.1. The van der Waals surface area contributed by atoms with E-state index in [4.69, 9.17) is 0 Å². The molecule has 9 heteroatoms. The molecule has 0 radical (unpaired) electrons. The van der Waals surface area contributed by atoms with Crippen LogP contribution in [0.3, 0.4) is 0 Å². The van der Waals surface area contributed by atoms with Crippen LogP contribution in [0.1, 0.15) is 28.3 Å². The van der Waals surface area contributed by atoms with Crippen LogP contribution in [0.4, 0.5) is 9.18 Å². The summed E-state index contributed by atoms with van der Waals surface area (Å²) in [5.74, 6) is -0.426. The molecule has 2 amide bonds. The standard InChI is InChI=1S/C26H21FN4O3S/c1-15-12-19(13-23-25(33)29(26(34)35-23)14-18-8-4-6-10-21(18)27)16(2)30(15)31-17(3)28-22-11-7-5-9-20(22)24(31)32/h4-13H,14H2,1-3H3. The van der Waals surface area contributed by atoms with Gasteiger partial charge in [0.05, 0.1) is 22.4 Å². The molecule has 1 saturated heterocycles. The molecule has 0 N–H and O–H groups in total. The first kappa shape index (κ1) is 22.8. The Bertz CT molecular complexity index is 1620. The van der Waals surface area contributed by atoms with Crippen LogP contribution in [-0.4, -0.2) is 30.4 Å². The average Bonchev–Trinajstić information content (AvgIpc) is 3.25. The van der Waals surface area contributed by atoms with E-state index in [2.05, 4.69) is 4.98 Å². The largest absolute Gasteiger partial charge is 0.293 e. The second kappa shape index (κ2) is 8.66. The average molecular weight is 489 g/mol. The first-order valence-corrected chi connectivity index (χ1v) is 11.7. The molecule has 5 rings (SSSR count). The minimum atomic E-state index is -0.478. The third kappa shape index (κ3) is 3.87. The Morgan fingerprint density at radius 3 is 2.46 bits per heavy atom. The van der Waals surface area contributed by atoms with Crippen LogP contribution in [0.25, 0.3) is 17.0 Å². The van der Waals surface area contributed by atoms with Gasteiger partial charge in [-0.25, -0.2) is 9.37 Å². The number of nitrogens with zero attached hydrogens (tertiary/aromatic N) is 4. The molecule has 2 aromatic carbocycles. The molecule has 0 saturated carbocycles. The number of aromatic nitrogens is 3. The second-order valence-electron chi connectivity index (χ2n) is 8.29. The van der Waals surface area contributed by atoms with Gasteiger partial charge in [0.15, 0.2) is 0 Å². The van der Waals surface area contributed by atoms with Crippen LogP contribution >= 0.6 is 11.8 Å². The van der Waals surface area contributed by atoms with Gasteiger partial charge in [-0.2, -0.15) is 4.68 Å². The lowest BCUT2D eigenvalue weighted by molar-refractivity contribution is -0.123. The number of rotatable bonds is 4. The summed E-state index contributed by atoms with van der Waals surface area (Å²) in [4.78, 5) is 44.7. The number of aryl methyl sites for hydroxylation is 2. The number of para-hydroxylation sites is 1. The van der Waals surface area contributed by atoms with Gasteiger partial charge in [-0.3, -0.25) is 24.0 Å². The molecular formula is C26H21FN4O3S. The van der Waals surface area contributed by atoms with Crippen LogP contribution in [0.5, 0.6) is 0 Å². The van der Waals surface area contributed by atoms with Crippen molar-refractivity contribution in [2.45, 2.75) is 27.3 Å². The van der Waals surface area contributed by atoms with Gasteiger partial charge in [-0.1, -0.05) is 30.3 Å². The summed E-state index contributed by atoms with van der Waals surface area (Å²) in [6, 6.07) is 15.1. The Balaban J connectivity index is 1.53. The van der Waals surface area contributed by atoms with Gasteiger partial charge in [-0.05, 0) is 68.4 Å². The van der Waals surface area contributed by atoms with E-state index in [0.717, 1.165) is 22.4 Å². The molecule has 2 aromatic heterocycles. The first-order chi connectivity index (χ1) is 16.8. The molecule has 1 aliphatic rings. The van der Waals surface area contributed by atoms with E-state index in [1.54, 1.807) is 54.1 Å². The highest BCUT2D eigenvalue weighted by Gasteiger charge is 2.35. The van der Waals surface area contributed by atoms with E-state index in [9.17, 15) is 18.8 Å². The molecule has 7 nitrogen and oxygen atoms in total. The number of fused-ring (bicyclic) bond motifs is 1. The Hall–Kier alpha value is -3.98. The summed E-state index contributed by atoms with van der Waals surface area (Å²) in [6.45, 7) is 5.32. The molecule has 35 heavy (non-hydrogen) atoms. The lowest BCUT2D eigenvalue weighted by atomic mass is 10.2. The predicted molar refractivity (Wildman–Crippen MR) is 133 cm³/mol. The summed E-state index contributed by atoms with van der Waals surface area (Å²) < 4.78 is 17.3. The second-order valence-corrected chi connectivity index (χ2v) is 9.28. The van der Waals surface area contributed by atoms with Crippen molar-refractivity contribution in [1.82, 2.24) is 19.2 Å². The third-order valence-corrected chi connectivity index (χ3v) is 6.90. The summed E-state index contributed by atoms with van der Waals surface area (Å²) in [5.41, 5.74) is 2.86. The number of benzene rings is 2. The van der Waals surface area contributed by atoms with Gasteiger partial charge in [0.2, 0.25) is 0 Å². The van der Waals surface area contributed by atoms with Gasteiger partial charge in [-0.15, -0.1) is 0 Å². The lowest BCUT2D eigenvalue weighted by Gasteiger charge is -2.16. The smallest absolute Gasteiger partial charge is 0.268 e. The fourth-order valence-corrected chi connectivity index (χ4v) is 5.11. The highest BCUT2D eigenvalue weighted by atomic mass is 32.2. The molecule has 0 bridgehead atoms. The minimum Gasteiger partial charge on any atom is -0.268 e. The van der Waals surface area contributed by atoms with Crippen molar-refractivity contribution >= 4 is 39.9 Å². The zero-order valence-corrected chi connectivity index (χ0v) is 20.1. The van der Waals surface area contributed by atoms with E-state index in [-0.39, 0.29) is 22.6 Å². The molecule has 1 aliphatic heterocycles. The van der Waals surface area contributed by atoms with Gasteiger partial charge in [0, 0.05) is 17.0 Å². The van der Waals surface area contributed by atoms with Crippen molar-refractivity contribution in [1.29, 1.82) is 0 Å². The maximum atomic E-state index is 14.1. The summed E-state index contributed by atoms with van der Waals surface area (Å²) in [5, 5.41) is 0.0468. The minimum absolute atomic E-state index is 0.134. The molecule has 4 aromatic rings. The van der Waals surface area contributed by atoms with Gasteiger partial charge in [0.1, 0.15) is 11.6 Å². The molecule has 0 atom stereocenters. The SMILES string of the molecule is Cc1cc(C=C2SC(=O)N(Cc3ccccc3F)C2=O)c(C)n1-n1c(C)nc2ccccc2c1=O. The summed E-state index contributed by atoms with van der Waals surface area (Å²) in [7, 11) is 0. The van der Waals surface area contributed by atoms with Crippen molar-refractivity contribution in [2.24, 2.45) is 0 Å². The molecule has 1 fully saturated rings. The maximum Gasteiger partial charge on any atom is 0.293 e. The number of thioether (sulfide) groups is 1. The fourth-order valence-electron chi connectivity index (χ4n) is 4.28. The Morgan fingerprint density at radius 1 is 0.971 bits per heavy atom. The van der Waals surface area contributed by atoms with E-state index < -0.39 is 17.0 Å². The number of hydrogen-bond donors (Lipinski definition) is 0. The fraction of sp³-hybridized carbons (Fsp3) is 0.154. The Labute approximate surface area is 204 Å². The molecule has 176 valence electrons. The van der Waals surface area contributed by atoms with Gasteiger partial charge < -0.3 is 0 Å². The number of hydrogen-bond acceptors (Lipinski definition) is 5.